The Labute approximate surface area is 720 Å². The maximum atomic E-state index is 12.6. The molecule has 0 bridgehead atoms. The van der Waals surface area contributed by atoms with E-state index in [0.29, 0.717) is 156 Å². The molecule has 123 heavy (non-hydrogen) atoms. The summed E-state index contributed by atoms with van der Waals surface area (Å²) < 4.78 is 45.8. The molecular weight excluding hydrogens is 1590 g/mol. The van der Waals surface area contributed by atoms with Crippen LogP contribution in [0.25, 0.3) is 66.9 Å². The summed E-state index contributed by atoms with van der Waals surface area (Å²) in [6, 6.07) is 34.6. The van der Waals surface area contributed by atoms with Crippen LogP contribution in [0.4, 0.5) is 38.9 Å². The standard InChI is InChI=1S/C31H39N7O5.C26H31N7O3.C20H20ClN5O2.C12H21NO3/c1-20-16-41-13-12-38(20)26-23-9-10-24(21-7-6-8-22(15-21)27(39)32-5)33-25(23)34-28(35-26)36-11-14-42-31(17-36)18-37(19-31)29(40)43-30(2,3)4;1-17-13-35-10-9-33(17)23-20-6-7-21(18-4-3-5-19(12-18)24(34)27-2)29-22(20)30-25(31-23)32-8-11-36-26(16-32)14-28-15-26;1-12-11-28-9-8-26(12)18-15-6-7-16(23-17(15)24-20(21)25-18)13-4-3-5-14(10-13)19(27)22-2;1-11(2,3)16-10(14)13-8-12(9-13)6-4-5-7-15-12/h6-10,15,20H,11-14,16-19H2,1-5H3,(H,32,39);3-7,12,17,28H,8-11,13-16H2,1-2H3,(H,27,34);3-7,10,12H,8-9,11H2,1-2H3,(H,22,27);4-9H2,1-3H3/t20-;17-;12-;/m000./s1. The van der Waals surface area contributed by atoms with Crippen LogP contribution >= 0.6 is 11.6 Å². The highest BCUT2D eigenvalue weighted by Gasteiger charge is 2.52. The van der Waals surface area contributed by atoms with Crippen LogP contribution in [-0.2, 0) is 37.9 Å². The van der Waals surface area contributed by atoms with Gasteiger partial charge in [-0.1, -0.05) is 36.4 Å². The molecule has 18 rings (SSSR count). The summed E-state index contributed by atoms with van der Waals surface area (Å²) in [6.45, 7) is 32.2. The number of nitrogens with one attached hydrogen (secondary N) is 4. The number of hydrogen-bond donors (Lipinski definition) is 4. The number of anilines is 5. The average molecular weight is 1700 g/mol. The van der Waals surface area contributed by atoms with Crippen molar-refractivity contribution in [3.8, 4) is 33.8 Å². The van der Waals surface area contributed by atoms with Crippen molar-refractivity contribution in [2.24, 2.45) is 0 Å². The summed E-state index contributed by atoms with van der Waals surface area (Å²) in [6.07, 6.45) is 2.89. The van der Waals surface area contributed by atoms with Crippen molar-refractivity contribution in [3.63, 3.8) is 0 Å². The quantitative estimate of drug-likeness (QED) is 0.0875. The SMILES string of the molecule is CC(C)(C)OC(=O)N1CC2(CCCCO2)C1.CNC(=O)c1cccc(-c2ccc3c(N4CCOC[C@@H]4C)nc(Cl)nc3n2)c1.CNC(=O)c1cccc(-c2ccc3c(N4CCOC[C@@H]4C)nc(N4CCOC5(CN(C(=O)OC(C)(C)C)C5)C4)nc3n2)c1.CNC(=O)c1cccc(-c2ccc3c(N4CCOC[C@@H]4C)nc(N4CCOC5(CNC5)C4)nc3n2)c1. The number of amides is 5. The summed E-state index contributed by atoms with van der Waals surface area (Å²) in [5.41, 5.74) is 6.51. The van der Waals surface area contributed by atoms with Gasteiger partial charge < -0.3 is 93.5 Å². The van der Waals surface area contributed by atoms with Gasteiger partial charge in [0.1, 0.15) is 45.5 Å². The zero-order chi connectivity index (χ0) is 86.5. The van der Waals surface area contributed by atoms with Gasteiger partial charge in [0.25, 0.3) is 17.7 Å². The van der Waals surface area contributed by atoms with Crippen molar-refractivity contribution in [2.45, 2.75) is 128 Å². The molecule has 3 aromatic carbocycles. The van der Waals surface area contributed by atoms with Gasteiger partial charge in [-0.2, -0.15) is 29.9 Å². The molecule has 9 aliphatic heterocycles. The number of carbonyl (C=O) groups is 5. The number of carbonyl (C=O) groups excluding carboxylic acids is 5. The average Bonchev–Trinajstić information content (AvgIpc) is 0.754. The number of morpholine rings is 5. The molecular formula is C89H111ClN20O13. The smallest absolute Gasteiger partial charge is 0.410 e. The van der Waals surface area contributed by atoms with Crippen molar-refractivity contribution in [1.29, 1.82) is 0 Å². The second kappa shape index (κ2) is 36.9. The second-order valence-electron chi connectivity index (χ2n) is 34.7. The summed E-state index contributed by atoms with van der Waals surface area (Å²) in [4.78, 5) is 119. The Hall–Kier alpha value is -10.9. The van der Waals surface area contributed by atoms with E-state index in [2.05, 4.69) is 81.5 Å². The Morgan fingerprint density at radius 1 is 0.431 bits per heavy atom. The van der Waals surface area contributed by atoms with E-state index in [0.717, 1.165) is 115 Å². The minimum atomic E-state index is -0.555. The van der Waals surface area contributed by atoms with E-state index < -0.39 is 16.8 Å². The summed E-state index contributed by atoms with van der Waals surface area (Å²) in [5.74, 6) is 3.30. The molecule has 15 heterocycles. The molecule has 0 unspecified atom stereocenters. The van der Waals surface area contributed by atoms with Gasteiger partial charge in [0.05, 0.1) is 143 Å². The van der Waals surface area contributed by atoms with Crippen molar-refractivity contribution < 1.29 is 61.9 Å². The fourth-order valence-electron chi connectivity index (χ4n) is 16.6. The van der Waals surface area contributed by atoms with Crippen LogP contribution in [0.3, 0.4) is 0 Å². The van der Waals surface area contributed by atoms with Crippen LogP contribution in [0.5, 0.6) is 0 Å². The van der Waals surface area contributed by atoms with Crippen molar-refractivity contribution >= 4 is 104 Å². The third-order valence-electron chi connectivity index (χ3n) is 23.0. The van der Waals surface area contributed by atoms with E-state index >= 15 is 0 Å². The van der Waals surface area contributed by atoms with E-state index in [1.165, 1.54) is 6.42 Å². The normalized spacial score (nSPS) is 20.3. The van der Waals surface area contributed by atoms with Gasteiger partial charge in [-0.25, -0.2) is 24.5 Å². The van der Waals surface area contributed by atoms with Gasteiger partial charge >= 0.3 is 12.2 Å². The predicted molar refractivity (Wildman–Crippen MR) is 469 cm³/mol. The zero-order valence-corrected chi connectivity index (χ0v) is 72.9. The molecule has 33 nitrogen and oxygen atoms in total. The molecule has 34 heteroatoms. The summed E-state index contributed by atoms with van der Waals surface area (Å²) in [5, 5.41) is 14.1. The van der Waals surface area contributed by atoms with E-state index in [-0.39, 0.29) is 64.5 Å². The first-order chi connectivity index (χ1) is 59.1. The Bertz CT molecular complexity index is 5360. The largest absolute Gasteiger partial charge is 0.444 e. The predicted octanol–water partition coefficient (Wildman–Crippen LogP) is 9.66. The highest BCUT2D eigenvalue weighted by atomic mass is 35.5. The minimum Gasteiger partial charge on any atom is -0.444 e. The molecule has 0 radical (unpaired) electrons. The Kier molecular flexibility index (Phi) is 26.1. The van der Waals surface area contributed by atoms with Crippen LogP contribution in [-0.4, -0.2) is 296 Å². The summed E-state index contributed by atoms with van der Waals surface area (Å²) >= 11 is 6.20. The summed E-state index contributed by atoms with van der Waals surface area (Å²) in [7, 11) is 4.85. The molecule has 9 aromatic rings. The third-order valence-corrected chi connectivity index (χ3v) is 23.2. The first-order valence-electron chi connectivity index (χ1n) is 42.4. The van der Waals surface area contributed by atoms with Crippen LogP contribution in [0.15, 0.2) is 109 Å². The van der Waals surface area contributed by atoms with E-state index in [4.69, 9.17) is 79.4 Å². The topological polar surface area (TPSA) is 346 Å². The Morgan fingerprint density at radius 3 is 1.17 bits per heavy atom. The molecule has 5 amide bonds. The van der Waals surface area contributed by atoms with Crippen LogP contribution in [0.2, 0.25) is 5.28 Å². The maximum absolute atomic E-state index is 12.6. The van der Waals surface area contributed by atoms with E-state index in [1.807, 2.05) is 126 Å². The molecule has 0 saturated carbocycles. The van der Waals surface area contributed by atoms with Crippen molar-refractivity contribution in [3.05, 3.63) is 131 Å². The highest BCUT2D eigenvalue weighted by Crippen LogP contribution is 2.40. The van der Waals surface area contributed by atoms with E-state index in [1.54, 1.807) is 55.2 Å². The third kappa shape index (κ3) is 20.0. The van der Waals surface area contributed by atoms with Crippen LogP contribution < -0.4 is 45.8 Å². The number of likely N-dealkylation sites (tertiary alicyclic amines) is 2. The number of ether oxygens (including phenoxy) is 8. The monoisotopic (exact) mass is 1700 g/mol. The molecule has 0 aliphatic carbocycles. The highest BCUT2D eigenvalue weighted by molar-refractivity contribution is 6.28. The lowest BCUT2D eigenvalue weighted by Gasteiger charge is -2.53. The number of fused-ring (bicyclic) bond motifs is 3. The lowest BCUT2D eigenvalue weighted by molar-refractivity contribution is -0.160. The van der Waals surface area contributed by atoms with Gasteiger partial charge in [-0.15, -0.1) is 0 Å². The van der Waals surface area contributed by atoms with Crippen LogP contribution in [0.1, 0.15) is 113 Å². The van der Waals surface area contributed by atoms with Crippen molar-refractivity contribution in [1.82, 2.24) is 75.9 Å². The van der Waals surface area contributed by atoms with Gasteiger partial charge in [0.15, 0.2) is 16.9 Å². The molecule has 3 atom stereocenters. The molecule has 652 valence electrons. The molecule has 3 spiro atoms. The van der Waals surface area contributed by atoms with Crippen molar-refractivity contribution in [2.75, 3.05) is 190 Å². The lowest BCUT2D eigenvalue weighted by atomic mass is 9.86. The number of rotatable bonds is 11. The van der Waals surface area contributed by atoms with Gasteiger partial charge in [0, 0.05) is 107 Å². The Morgan fingerprint density at radius 2 is 0.805 bits per heavy atom. The fraction of sp³-hybridized carbons (Fsp3) is 0.506. The molecule has 9 fully saturated rings. The first-order valence-corrected chi connectivity index (χ1v) is 42.7. The number of benzene rings is 3. The van der Waals surface area contributed by atoms with Gasteiger partial charge in [0.2, 0.25) is 17.2 Å². The fourth-order valence-corrected chi connectivity index (χ4v) is 16.7. The minimum absolute atomic E-state index is 0.0465. The first kappa shape index (κ1) is 87.0. The van der Waals surface area contributed by atoms with E-state index in [9.17, 15) is 24.0 Å². The lowest BCUT2D eigenvalue weighted by Crippen LogP contribution is -2.71. The van der Waals surface area contributed by atoms with Crippen LogP contribution in [0, 0.1) is 0 Å². The molecule has 9 saturated heterocycles. The zero-order valence-electron chi connectivity index (χ0n) is 72.1. The molecule has 4 N–H and O–H groups in total. The number of nitrogens with zero attached hydrogens (tertiary/aromatic N) is 16. The number of halogens is 1. The molecule has 6 aromatic heterocycles. The second-order valence-corrected chi connectivity index (χ2v) is 35.1. The Balaban J connectivity index is 0.000000133. The maximum Gasteiger partial charge on any atom is 0.410 e. The molecule has 9 aliphatic rings. The van der Waals surface area contributed by atoms with Gasteiger partial charge in [-0.05, 0) is 166 Å². The van der Waals surface area contributed by atoms with Gasteiger partial charge in [-0.3, -0.25) is 14.4 Å². The number of aromatic nitrogens is 9. The number of pyridine rings is 3. The number of hydrogen-bond acceptors (Lipinski definition) is 28.